The molecule has 134 valence electrons. The molecule has 2 aromatic carbocycles. The fourth-order valence-electron chi connectivity index (χ4n) is 2.66. The first-order chi connectivity index (χ1) is 12.2. The summed E-state index contributed by atoms with van der Waals surface area (Å²) in [6, 6.07) is 9.59. The molecule has 26 heavy (non-hydrogen) atoms. The first-order valence-electron chi connectivity index (χ1n) is 7.07. The van der Waals surface area contributed by atoms with Gasteiger partial charge in [-0.2, -0.15) is 0 Å². The number of fused-ring (bicyclic) bond motifs is 2. The SMILES string of the molecule is O=S(=O)(Cl)c1ccc2oc(Cl)c(S(=O)(=O)c3ccc4occc4c3)c2c1. The fraction of sp³-hybridized carbons (Fsp3) is 0. The lowest BCUT2D eigenvalue weighted by Crippen LogP contribution is -2.02. The van der Waals surface area contributed by atoms with Crippen LogP contribution in [0.3, 0.4) is 0 Å². The summed E-state index contributed by atoms with van der Waals surface area (Å²) >= 11 is 6.02. The number of sulfone groups is 1. The number of halogens is 2. The van der Waals surface area contributed by atoms with Gasteiger partial charge >= 0.3 is 0 Å². The lowest BCUT2D eigenvalue weighted by molar-refractivity contribution is 0.585. The molecule has 2 heterocycles. The maximum Gasteiger partial charge on any atom is 0.261 e. The lowest BCUT2D eigenvalue weighted by Gasteiger charge is -2.04. The summed E-state index contributed by atoms with van der Waals surface area (Å²) in [7, 11) is -2.79. The molecule has 4 rings (SSSR count). The van der Waals surface area contributed by atoms with Crippen LogP contribution in [0, 0.1) is 0 Å². The van der Waals surface area contributed by atoms with Gasteiger partial charge in [0.15, 0.2) is 0 Å². The average Bonchev–Trinajstić information content (AvgIpc) is 3.15. The van der Waals surface area contributed by atoms with Gasteiger partial charge in [0.05, 0.1) is 16.1 Å². The molecule has 6 nitrogen and oxygen atoms in total. The van der Waals surface area contributed by atoms with Crippen molar-refractivity contribution in [1.82, 2.24) is 0 Å². The highest BCUT2D eigenvalue weighted by atomic mass is 35.7. The van der Waals surface area contributed by atoms with Gasteiger partial charge in [0, 0.05) is 21.5 Å². The number of hydrogen-bond donors (Lipinski definition) is 0. The van der Waals surface area contributed by atoms with Crippen molar-refractivity contribution in [3.63, 3.8) is 0 Å². The highest BCUT2D eigenvalue weighted by Gasteiger charge is 2.29. The van der Waals surface area contributed by atoms with Crippen LogP contribution in [-0.4, -0.2) is 16.8 Å². The van der Waals surface area contributed by atoms with Crippen LogP contribution in [0.1, 0.15) is 0 Å². The van der Waals surface area contributed by atoms with E-state index in [4.69, 9.17) is 31.1 Å². The third-order valence-electron chi connectivity index (χ3n) is 3.86. The minimum absolute atomic E-state index is 0.0315. The third kappa shape index (κ3) is 2.69. The van der Waals surface area contributed by atoms with Crippen molar-refractivity contribution in [1.29, 1.82) is 0 Å². The zero-order valence-electron chi connectivity index (χ0n) is 12.6. The molecule has 0 spiro atoms. The molecule has 0 saturated heterocycles. The van der Waals surface area contributed by atoms with Crippen LogP contribution in [0.4, 0.5) is 0 Å². The Bertz CT molecular complexity index is 1380. The largest absolute Gasteiger partial charge is 0.464 e. The molecule has 0 atom stereocenters. The maximum absolute atomic E-state index is 13.1. The summed E-state index contributed by atoms with van der Waals surface area (Å²) in [6.45, 7) is 0. The van der Waals surface area contributed by atoms with E-state index in [1.165, 1.54) is 36.6 Å². The van der Waals surface area contributed by atoms with Crippen LogP contribution in [0.25, 0.3) is 21.9 Å². The first-order valence-corrected chi connectivity index (χ1v) is 11.2. The lowest BCUT2D eigenvalue weighted by atomic mass is 10.2. The van der Waals surface area contributed by atoms with Gasteiger partial charge in [0.1, 0.15) is 16.1 Å². The highest BCUT2D eigenvalue weighted by molar-refractivity contribution is 8.13. The molecule has 0 aliphatic carbocycles. The molecular weight excluding hydrogens is 423 g/mol. The Balaban J connectivity index is 2.01. The van der Waals surface area contributed by atoms with E-state index in [-0.39, 0.29) is 30.9 Å². The molecule has 0 aliphatic rings. The van der Waals surface area contributed by atoms with Crippen LogP contribution in [-0.2, 0) is 18.9 Å². The maximum atomic E-state index is 13.1. The Labute approximate surface area is 157 Å². The fourth-order valence-corrected chi connectivity index (χ4v) is 5.39. The Kier molecular flexibility index (Phi) is 3.85. The molecule has 0 N–H and O–H groups in total. The van der Waals surface area contributed by atoms with Crippen molar-refractivity contribution >= 4 is 63.1 Å². The minimum Gasteiger partial charge on any atom is -0.464 e. The van der Waals surface area contributed by atoms with Gasteiger partial charge in [-0.05, 0) is 54.1 Å². The number of rotatable bonds is 3. The van der Waals surface area contributed by atoms with Crippen molar-refractivity contribution < 1.29 is 25.7 Å². The second kappa shape index (κ2) is 5.75. The van der Waals surface area contributed by atoms with Crippen LogP contribution in [0.2, 0.25) is 5.22 Å². The summed E-state index contributed by atoms with van der Waals surface area (Å²) in [5, 5.41) is 0.263. The first kappa shape index (κ1) is 17.4. The molecule has 4 aromatic rings. The van der Waals surface area contributed by atoms with E-state index in [1.807, 2.05) is 0 Å². The number of benzene rings is 2. The molecule has 0 aliphatic heterocycles. The summed E-state index contributed by atoms with van der Waals surface area (Å²) in [5.41, 5.74) is 0.657. The van der Waals surface area contributed by atoms with Gasteiger partial charge in [0.25, 0.3) is 9.05 Å². The van der Waals surface area contributed by atoms with Crippen LogP contribution >= 0.6 is 22.3 Å². The summed E-state index contributed by atoms with van der Waals surface area (Å²) in [4.78, 5) is -0.611. The molecule has 10 heteroatoms. The predicted octanol–water partition coefficient (Wildman–Crippen LogP) is 4.59. The summed E-state index contributed by atoms with van der Waals surface area (Å²) in [6.07, 6.45) is 1.44. The predicted molar refractivity (Wildman–Crippen MR) is 95.9 cm³/mol. The normalized spacial score (nSPS) is 12.8. The summed E-state index contributed by atoms with van der Waals surface area (Å²) in [5.74, 6) is 0. The van der Waals surface area contributed by atoms with Gasteiger partial charge in [-0.15, -0.1) is 0 Å². The van der Waals surface area contributed by atoms with Crippen molar-refractivity contribution in [2.45, 2.75) is 14.7 Å². The second-order valence-corrected chi connectivity index (χ2v) is 10.2. The molecule has 0 radical (unpaired) electrons. The van der Waals surface area contributed by atoms with E-state index in [0.717, 1.165) is 6.07 Å². The Morgan fingerprint density at radius 3 is 2.27 bits per heavy atom. The van der Waals surface area contributed by atoms with E-state index >= 15 is 0 Å². The van der Waals surface area contributed by atoms with Crippen molar-refractivity contribution in [3.8, 4) is 0 Å². The standard InChI is InChI=1S/C16H8Cl2O6S2/c17-16-15(12-8-11(26(18,21)22)2-4-14(12)24-16)25(19,20)10-1-3-13-9(7-10)5-6-23-13/h1-8H. The van der Waals surface area contributed by atoms with Gasteiger partial charge in [-0.1, -0.05) is 0 Å². The van der Waals surface area contributed by atoms with E-state index in [1.54, 1.807) is 6.07 Å². The molecule has 0 fully saturated rings. The topological polar surface area (TPSA) is 94.6 Å². The van der Waals surface area contributed by atoms with Gasteiger partial charge in [-0.25, -0.2) is 16.8 Å². The van der Waals surface area contributed by atoms with Gasteiger partial charge in [-0.3, -0.25) is 0 Å². The highest BCUT2D eigenvalue weighted by Crippen LogP contribution is 2.38. The van der Waals surface area contributed by atoms with Crippen LogP contribution in [0.5, 0.6) is 0 Å². The summed E-state index contributed by atoms with van der Waals surface area (Å²) < 4.78 is 59.8. The third-order valence-corrected chi connectivity index (χ3v) is 7.41. The Morgan fingerprint density at radius 2 is 1.54 bits per heavy atom. The zero-order chi connectivity index (χ0) is 18.7. The monoisotopic (exact) mass is 430 g/mol. The molecule has 0 unspecified atom stereocenters. The Hall–Kier alpha value is -2.00. The van der Waals surface area contributed by atoms with E-state index in [2.05, 4.69) is 0 Å². The van der Waals surface area contributed by atoms with Crippen LogP contribution < -0.4 is 0 Å². The van der Waals surface area contributed by atoms with Gasteiger partial charge < -0.3 is 8.83 Å². The molecule has 2 aromatic heterocycles. The van der Waals surface area contributed by atoms with Crippen molar-refractivity contribution in [2.75, 3.05) is 0 Å². The molecule has 0 amide bonds. The average molecular weight is 431 g/mol. The van der Waals surface area contributed by atoms with Crippen LogP contribution in [0.15, 0.2) is 72.2 Å². The Morgan fingerprint density at radius 1 is 0.846 bits per heavy atom. The quantitative estimate of drug-likeness (QED) is 0.441. The molecule has 0 saturated carbocycles. The van der Waals surface area contributed by atoms with Crippen molar-refractivity contribution in [2.24, 2.45) is 0 Å². The van der Waals surface area contributed by atoms with E-state index in [9.17, 15) is 16.8 Å². The molecular formula is C16H8Cl2O6S2. The molecule has 0 bridgehead atoms. The van der Waals surface area contributed by atoms with Crippen molar-refractivity contribution in [3.05, 3.63) is 53.9 Å². The number of hydrogen-bond acceptors (Lipinski definition) is 6. The van der Waals surface area contributed by atoms with Gasteiger partial charge in [0.2, 0.25) is 15.1 Å². The smallest absolute Gasteiger partial charge is 0.261 e. The van der Waals surface area contributed by atoms with E-state index in [0.29, 0.717) is 11.0 Å². The minimum atomic E-state index is -4.09. The zero-order valence-corrected chi connectivity index (χ0v) is 15.8. The van der Waals surface area contributed by atoms with E-state index < -0.39 is 18.9 Å². The second-order valence-electron chi connectivity index (χ2n) is 5.42. The number of furan rings is 2.